The Morgan fingerprint density at radius 1 is 1.00 bits per heavy atom. The fourth-order valence-electron chi connectivity index (χ4n) is 2.99. The summed E-state index contributed by atoms with van der Waals surface area (Å²) in [7, 11) is 1.65. The number of hydrogen-bond acceptors (Lipinski definition) is 5. The summed E-state index contributed by atoms with van der Waals surface area (Å²) in [5.41, 5.74) is 6.33. The van der Waals surface area contributed by atoms with Gasteiger partial charge in [0.05, 0.1) is 19.0 Å². The molecule has 0 aliphatic carbocycles. The first-order valence-corrected chi connectivity index (χ1v) is 10.4. The average molecular weight is 415 g/mol. The predicted octanol–water partition coefficient (Wildman–Crippen LogP) is 5.35. The Balaban J connectivity index is 1.88. The zero-order valence-electron chi connectivity index (χ0n) is 17.1. The predicted molar refractivity (Wildman–Crippen MR) is 123 cm³/mol. The number of nitrogens with zero attached hydrogens (tertiary/aromatic N) is 4. The van der Waals surface area contributed by atoms with Gasteiger partial charge in [0.1, 0.15) is 11.4 Å². The highest BCUT2D eigenvalue weighted by molar-refractivity contribution is 7.07. The zero-order valence-corrected chi connectivity index (χ0v) is 17.9. The fourth-order valence-corrected chi connectivity index (χ4v) is 3.84. The maximum Gasteiger partial charge on any atom is 0.211 e. The second-order valence-corrected chi connectivity index (χ2v) is 7.66. The molecule has 0 saturated heterocycles. The summed E-state index contributed by atoms with van der Waals surface area (Å²) in [6.45, 7) is 4.24. The number of methoxy groups -OCH3 is 1. The molecular weight excluding hydrogens is 392 g/mol. The van der Waals surface area contributed by atoms with E-state index < -0.39 is 0 Å². The maximum absolute atomic E-state index is 5.46. The SMILES string of the molecule is COc1ccccc1N=c1scc(-c2ccc(C)c(C)c2)n1/N=C/c1ccncc1. The summed E-state index contributed by atoms with van der Waals surface area (Å²) in [5, 5.41) is 6.84. The van der Waals surface area contributed by atoms with E-state index in [-0.39, 0.29) is 0 Å². The van der Waals surface area contributed by atoms with Crippen LogP contribution in [0.2, 0.25) is 0 Å². The van der Waals surface area contributed by atoms with Crippen molar-refractivity contribution in [3.05, 3.63) is 93.9 Å². The van der Waals surface area contributed by atoms with Gasteiger partial charge >= 0.3 is 0 Å². The summed E-state index contributed by atoms with van der Waals surface area (Å²) in [5.74, 6) is 0.725. The number of pyridine rings is 1. The Bertz CT molecular complexity index is 1260. The number of thiazole rings is 1. The topological polar surface area (TPSA) is 51.8 Å². The molecule has 4 aromatic rings. The molecule has 0 atom stereocenters. The van der Waals surface area contributed by atoms with Crippen LogP contribution in [0.3, 0.4) is 0 Å². The van der Waals surface area contributed by atoms with Crippen LogP contribution >= 0.6 is 11.3 Å². The molecule has 30 heavy (non-hydrogen) atoms. The molecule has 0 unspecified atom stereocenters. The third-order valence-corrected chi connectivity index (χ3v) is 5.63. The molecular formula is C24H22N4OS. The molecule has 0 N–H and O–H groups in total. The van der Waals surface area contributed by atoms with E-state index in [4.69, 9.17) is 14.8 Å². The normalized spacial score (nSPS) is 11.9. The zero-order chi connectivity index (χ0) is 20.9. The van der Waals surface area contributed by atoms with Gasteiger partial charge in [-0.15, -0.1) is 11.3 Å². The third kappa shape index (κ3) is 4.23. The van der Waals surface area contributed by atoms with E-state index in [0.29, 0.717) is 0 Å². The molecule has 0 amide bonds. The fraction of sp³-hybridized carbons (Fsp3) is 0.125. The molecule has 6 heteroatoms. The maximum atomic E-state index is 5.46. The monoisotopic (exact) mass is 414 g/mol. The Morgan fingerprint density at radius 2 is 1.80 bits per heavy atom. The lowest BCUT2D eigenvalue weighted by molar-refractivity contribution is 0.416. The van der Waals surface area contributed by atoms with E-state index in [1.165, 1.54) is 11.1 Å². The van der Waals surface area contributed by atoms with Crippen molar-refractivity contribution < 1.29 is 4.74 Å². The van der Waals surface area contributed by atoms with Gasteiger partial charge in [-0.05, 0) is 60.9 Å². The van der Waals surface area contributed by atoms with Crippen LogP contribution in [0.25, 0.3) is 11.3 Å². The van der Waals surface area contributed by atoms with Gasteiger partial charge in [0.25, 0.3) is 0 Å². The Morgan fingerprint density at radius 3 is 2.57 bits per heavy atom. The highest BCUT2D eigenvalue weighted by Crippen LogP contribution is 2.27. The standard InChI is InChI=1S/C24H22N4OS/c1-17-8-9-20(14-18(17)2)22-16-30-24(27-21-6-4-5-7-23(21)29-3)28(22)26-15-19-10-12-25-13-11-19/h4-16H,1-3H3/b26-15+,27-24?. The first-order chi connectivity index (χ1) is 14.7. The number of rotatable bonds is 5. The van der Waals surface area contributed by atoms with Crippen LogP contribution in [0.4, 0.5) is 5.69 Å². The molecule has 0 aliphatic heterocycles. The van der Waals surface area contributed by atoms with Gasteiger partial charge in [0.2, 0.25) is 4.80 Å². The van der Waals surface area contributed by atoms with Crippen molar-refractivity contribution in [2.75, 3.05) is 7.11 Å². The summed E-state index contributed by atoms with van der Waals surface area (Å²) in [4.78, 5) is 9.67. The summed E-state index contributed by atoms with van der Waals surface area (Å²) >= 11 is 1.54. The molecule has 2 heterocycles. The average Bonchev–Trinajstić information content (AvgIpc) is 3.17. The van der Waals surface area contributed by atoms with E-state index in [2.05, 4.69) is 42.4 Å². The highest BCUT2D eigenvalue weighted by Gasteiger charge is 2.10. The first-order valence-electron chi connectivity index (χ1n) is 9.56. The van der Waals surface area contributed by atoms with Gasteiger partial charge in [-0.3, -0.25) is 4.98 Å². The molecule has 0 aliphatic rings. The minimum atomic E-state index is 0.725. The van der Waals surface area contributed by atoms with Crippen LogP contribution in [-0.2, 0) is 0 Å². The minimum Gasteiger partial charge on any atom is -0.494 e. The summed E-state index contributed by atoms with van der Waals surface area (Å²) in [6, 6.07) is 18.0. The number of ether oxygens (including phenoxy) is 1. The van der Waals surface area contributed by atoms with Crippen molar-refractivity contribution >= 4 is 23.2 Å². The lowest BCUT2D eigenvalue weighted by Gasteiger charge is -2.07. The second kappa shape index (κ2) is 8.88. The largest absolute Gasteiger partial charge is 0.494 e. The lowest BCUT2D eigenvalue weighted by atomic mass is 10.1. The highest BCUT2D eigenvalue weighted by atomic mass is 32.1. The molecule has 0 bridgehead atoms. The smallest absolute Gasteiger partial charge is 0.211 e. The number of hydrogen-bond donors (Lipinski definition) is 0. The quantitative estimate of drug-likeness (QED) is 0.413. The van der Waals surface area contributed by atoms with Crippen LogP contribution in [0.5, 0.6) is 5.75 Å². The number of benzene rings is 2. The van der Waals surface area contributed by atoms with E-state index >= 15 is 0 Å². The molecule has 2 aromatic heterocycles. The number of aryl methyl sites for hydroxylation is 2. The van der Waals surface area contributed by atoms with Gasteiger partial charge in [0, 0.05) is 23.3 Å². The third-order valence-electron chi connectivity index (χ3n) is 4.82. The molecule has 2 aromatic carbocycles. The van der Waals surface area contributed by atoms with Gasteiger partial charge < -0.3 is 4.74 Å². The van der Waals surface area contributed by atoms with Crippen molar-refractivity contribution in [3.63, 3.8) is 0 Å². The van der Waals surface area contributed by atoms with E-state index in [0.717, 1.165) is 33.1 Å². The molecule has 0 spiro atoms. The van der Waals surface area contributed by atoms with Crippen LogP contribution in [0, 0.1) is 13.8 Å². The molecule has 0 radical (unpaired) electrons. The summed E-state index contributed by atoms with van der Waals surface area (Å²) < 4.78 is 7.34. The number of aromatic nitrogens is 2. The van der Waals surface area contributed by atoms with Crippen molar-refractivity contribution in [2.24, 2.45) is 10.1 Å². The first kappa shape index (κ1) is 19.8. The Labute approximate surface area is 179 Å². The summed E-state index contributed by atoms with van der Waals surface area (Å²) in [6.07, 6.45) is 5.33. The van der Waals surface area contributed by atoms with E-state index in [1.54, 1.807) is 30.8 Å². The van der Waals surface area contributed by atoms with Crippen molar-refractivity contribution in [3.8, 4) is 17.0 Å². The molecule has 0 saturated carbocycles. The Hall–Kier alpha value is -3.51. The van der Waals surface area contributed by atoms with E-state index in [9.17, 15) is 0 Å². The van der Waals surface area contributed by atoms with Crippen molar-refractivity contribution in [1.29, 1.82) is 0 Å². The van der Waals surface area contributed by atoms with Crippen LogP contribution < -0.4 is 9.54 Å². The lowest BCUT2D eigenvalue weighted by Crippen LogP contribution is -2.11. The Kier molecular flexibility index (Phi) is 5.86. The molecule has 4 rings (SSSR count). The molecule has 0 fully saturated rings. The van der Waals surface area contributed by atoms with Gasteiger partial charge in [0.15, 0.2) is 0 Å². The van der Waals surface area contributed by atoms with Crippen LogP contribution in [0.15, 0.2) is 82.5 Å². The molecule has 150 valence electrons. The van der Waals surface area contributed by atoms with Crippen molar-refractivity contribution in [1.82, 2.24) is 9.66 Å². The minimum absolute atomic E-state index is 0.725. The van der Waals surface area contributed by atoms with Gasteiger partial charge in [-0.25, -0.2) is 9.67 Å². The molecule has 5 nitrogen and oxygen atoms in total. The van der Waals surface area contributed by atoms with E-state index in [1.807, 2.05) is 47.3 Å². The van der Waals surface area contributed by atoms with Crippen LogP contribution in [-0.4, -0.2) is 23.0 Å². The van der Waals surface area contributed by atoms with Gasteiger partial charge in [-0.1, -0.05) is 24.3 Å². The van der Waals surface area contributed by atoms with Gasteiger partial charge in [-0.2, -0.15) is 5.10 Å². The van der Waals surface area contributed by atoms with Crippen LogP contribution in [0.1, 0.15) is 16.7 Å². The number of para-hydroxylation sites is 2. The van der Waals surface area contributed by atoms with Crippen molar-refractivity contribution in [2.45, 2.75) is 13.8 Å². The second-order valence-electron chi connectivity index (χ2n) is 6.82.